The van der Waals surface area contributed by atoms with Gasteiger partial charge in [-0.2, -0.15) is 5.26 Å². The van der Waals surface area contributed by atoms with E-state index in [1.165, 1.54) is 6.20 Å². The molecule has 6 nitrogen and oxygen atoms in total. The fourth-order valence-corrected chi connectivity index (χ4v) is 3.11. The molecule has 2 saturated heterocycles. The second-order valence-corrected chi connectivity index (χ2v) is 5.54. The van der Waals surface area contributed by atoms with Crippen molar-refractivity contribution >= 4 is 11.8 Å². The summed E-state index contributed by atoms with van der Waals surface area (Å²) in [5, 5.41) is 8.79. The number of rotatable bonds is 1. The average molecular weight is 272 g/mol. The number of aromatic nitrogens is 1. The Morgan fingerprint density at radius 3 is 3.00 bits per heavy atom. The highest BCUT2D eigenvalue weighted by Crippen LogP contribution is 2.32. The lowest BCUT2D eigenvalue weighted by molar-refractivity contribution is -0.137. The summed E-state index contributed by atoms with van der Waals surface area (Å²) in [5.74, 6) is 0.216. The van der Waals surface area contributed by atoms with Crippen LogP contribution in [0.2, 0.25) is 0 Å². The van der Waals surface area contributed by atoms with E-state index in [-0.39, 0.29) is 23.7 Å². The molecule has 0 spiro atoms. The van der Waals surface area contributed by atoms with Gasteiger partial charge in [-0.3, -0.25) is 9.59 Å². The number of carbonyl (C=O) groups excluding carboxylic acids is 2. The Labute approximate surface area is 117 Å². The monoisotopic (exact) mass is 272 g/mol. The lowest BCUT2D eigenvalue weighted by Crippen LogP contribution is -2.42. The van der Waals surface area contributed by atoms with Crippen molar-refractivity contribution in [2.75, 3.05) is 26.7 Å². The zero-order valence-corrected chi connectivity index (χ0v) is 11.3. The lowest BCUT2D eigenvalue weighted by Gasteiger charge is -2.30. The van der Waals surface area contributed by atoms with Crippen LogP contribution in [-0.4, -0.2) is 53.3 Å². The van der Waals surface area contributed by atoms with E-state index in [4.69, 9.17) is 5.26 Å². The highest BCUT2D eigenvalue weighted by atomic mass is 16.2. The summed E-state index contributed by atoms with van der Waals surface area (Å²) in [7, 11) is 1.81. The minimum atomic E-state index is -0.128. The molecule has 0 aliphatic carbocycles. The molecule has 0 unspecified atom stereocenters. The molecule has 104 valence electrons. The van der Waals surface area contributed by atoms with Crippen LogP contribution in [0.3, 0.4) is 0 Å². The van der Waals surface area contributed by atoms with E-state index in [0.717, 1.165) is 13.0 Å². The quantitative estimate of drug-likeness (QED) is 0.805. The van der Waals surface area contributed by atoms with Crippen molar-refractivity contribution in [2.45, 2.75) is 6.42 Å². The largest absolute Gasteiger partial charge is 0.356 e. The summed E-state index contributed by atoms with van der Waals surface area (Å²) < 4.78 is 0. The molecule has 3 heterocycles. The molecule has 0 aromatic carbocycles. The number of piperidine rings is 1. The number of H-pyrrole nitrogens is 1. The predicted octanol–water partition coefficient (Wildman–Crippen LogP) is 0.437. The van der Waals surface area contributed by atoms with Crippen molar-refractivity contribution in [1.29, 1.82) is 5.26 Å². The Kier molecular flexibility index (Phi) is 2.97. The van der Waals surface area contributed by atoms with E-state index >= 15 is 0 Å². The number of likely N-dealkylation sites (tertiary alicyclic amines) is 2. The number of aromatic amines is 1. The van der Waals surface area contributed by atoms with Gasteiger partial charge in [-0.1, -0.05) is 0 Å². The van der Waals surface area contributed by atoms with Crippen molar-refractivity contribution in [3.05, 3.63) is 23.5 Å². The maximum atomic E-state index is 12.4. The van der Waals surface area contributed by atoms with E-state index < -0.39 is 0 Å². The van der Waals surface area contributed by atoms with E-state index in [1.807, 2.05) is 13.1 Å². The maximum absolute atomic E-state index is 12.4. The molecular formula is C14H16N4O2. The molecule has 2 amide bonds. The third-order valence-corrected chi connectivity index (χ3v) is 4.30. The van der Waals surface area contributed by atoms with Crippen LogP contribution >= 0.6 is 0 Å². The average Bonchev–Trinajstić information content (AvgIpc) is 3.08. The van der Waals surface area contributed by atoms with Gasteiger partial charge >= 0.3 is 0 Å². The first kappa shape index (κ1) is 12.7. The zero-order valence-electron chi connectivity index (χ0n) is 11.3. The zero-order chi connectivity index (χ0) is 14.3. The van der Waals surface area contributed by atoms with Crippen LogP contribution in [0.1, 0.15) is 22.5 Å². The Morgan fingerprint density at radius 2 is 2.30 bits per heavy atom. The van der Waals surface area contributed by atoms with Gasteiger partial charge in [0.1, 0.15) is 11.8 Å². The van der Waals surface area contributed by atoms with Gasteiger partial charge < -0.3 is 14.8 Å². The molecule has 0 bridgehead atoms. The third kappa shape index (κ3) is 1.95. The molecule has 1 N–H and O–H groups in total. The van der Waals surface area contributed by atoms with Crippen molar-refractivity contribution in [3.63, 3.8) is 0 Å². The number of carbonyl (C=O) groups is 2. The van der Waals surface area contributed by atoms with Gasteiger partial charge in [-0.15, -0.1) is 0 Å². The first-order valence-electron chi connectivity index (χ1n) is 6.73. The first-order chi connectivity index (χ1) is 9.60. The molecule has 1 aromatic rings. The molecule has 6 heteroatoms. The van der Waals surface area contributed by atoms with Gasteiger partial charge in [0.2, 0.25) is 5.91 Å². The third-order valence-electron chi connectivity index (χ3n) is 4.30. The van der Waals surface area contributed by atoms with Gasteiger partial charge in [0, 0.05) is 32.9 Å². The Morgan fingerprint density at radius 1 is 1.50 bits per heavy atom. The van der Waals surface area contributed by atoms with Crippen LogP contribution in [0, 0.1) is 23.2 Å². The fraction of sp³-hybridized carbons (Fsp3) is 0.500. The van der Waals surface area contributed by atoms with Crippen molar-refractivity contribution in [2.24, 2.45) is 11.8 Å². The van der Waals surface area contributed by atoms with Gasteiger partial charge in [0.25, 0.3) is 5.91 Å². The first-order valence-corrected chi connectivity index (χ1v) is 6.73. The summed E-state index contributed by atoms with van der Waals surface area (Å²) in [4.78, 5) is 30.8. The molecule has 1 aromatic heterocycles. The minimum absolute atomic E-state index is 0.0666. The normalized spacial score (nSPS) is 25.5. The predicted molar refractivity (Wildman–Crippen MR) is 70.6 cm³/mol. The molecule has 0 radical (unpaired) electrons. The minimum Gasteiger partial charge on any atom is -0.356 e. The van der Waals surface area contributed by atoms with Crippen LogP contribution in [0.25, 0.3) is 0 Å². The summed E-state index contributed by atoms with van der Waals surface area (Å²) >= 11 is 0. The number of fused-ring (bicyclic) bond motifs is 1. The number of nitrogens with zero attached hydrogens (tertiary/aromatic N) is 3. The topological polar surface area (TPSA) is 80.2 Å². The lowest BCUT2D eigenvalue weighted by atomic mass is 9.88. The van der Waals surface area contributed by atoms with Crippen molar-refractivity contribution < 1.29 is 9.59 Å². The smallest absolute Gasteiger partial charge is 0.270 e. The Hall–Kier alpha value is -2.29. The number of hydrogen-bond donors (Lipinski definition) is 1. The summed E-state index contributed by atoms with van der Waals surface area (Å²) in [5.41, 5.74) is 0.863. The molecule has 0 saturated carbocycles. The molecular weight excluding hydrogens is 256 g/mol. The molecule has 2 aliphatic rings. The number of nitrogens with one attached hydrogen (secondary N) is 1. The van der Waals surface area contributed by atoms with E-state index in [9.17, 15) is 9.59 Å². The summed E-state index contributed by atoms with van der Waals surface area (Å²) in [6.07, 6.45) is 2.47. The van der Waals surface area contributed by atoms with Crippen molar-refractivity contribution in [3.8, 4) is 6.07 Å². The highest BCUT2D eigenvalue weighted by Gasteiger charge is 2.43. The molecule has 20 heavy (non-hydrogen) atoms. The van der Waals surface area contributed by atoms with Gasteiger partial charge in [0.15, 0.2) is 0 Å². The Bertz CT molecular complexity index is 601. The standard InChI is InChI=1S/C14H16N4O2/c1-17-3-2-10-7-18(8-11(10)13(17)19)14(20)12-4-9(5-15)6-16-12/h4,6,10-11,16H,2-3,7-8H2,1H3/t10-,11+/m1/s1. The Balaban J connectivity index is 1.75. The van der Waals surface area contributed by atoms with Crippen molar-refractivity contribution in [1.82, 2.24) is 14.8 Å². The second kappa shape index (κ2) is 4.67. The fourth-order valence-electron chi connectivity index (χ4n) is 3.11. The van der Waals surface area contributed by atoms with E-state index in [2.05, 4.69) is 4.98 Å². The van der Waals surface area contributed by atoms with Crippen LogP contribution in [0.5, 0.6) is 0 Å². The molecule has 3 rings (SSSR count). The number of nitriles is 1. The van der Waals surface area contributed by atoms with Crippen LogP contribution in [0.15, 0.2) is 12.3 Å². The molecule has 2 aliphatic heterocycles. The number of amides is 2. The highest BCUT2D eigenvalue weighted by molar-refractivity contribution is 5.94. The van der Waals surface area contributed by atoms with E-state index in [0.29, 0.717) is 24.3 Å². The van der Waals surface area contributed by atoms with Gasteiger partial charge in [-0.05, 0) is 18.4 Å². The summed E-state index contributed by atoms with van der Waals surface area (Å²) in [6, 6.07) is 3.55. The maximum Gasteiger partial charge on any atom is 0.270 e. The van der Waals surface area contributed by atoms with Crippen LogP contribution < -0.4 is 0 Å². The molecule has 2 atom stereocenters. The number of hydrogen-bond acceptors (Lipinski definition) is 3. The van der Waals surface area contributed by atoms with Crippen LogP contribution in [0.4, 0.5) is 0 Å². The summed E-state index contributed by atoms with van der Waals surface area (Å²) in [6.45, 7) is 1.88. The second-order valence-electron chi connectivity index (χ2n) is 5.54. The van der Waals surface area contributed by atoms with Gasteiger partial charge in [-0.25, -0.2) is 0 Å². The van der Waals surface area contributed by atoms with Crippen LogP contribution in [-0.2, 0) is 4.79 Å². The van der Waals surface area contributed by atoms with E-state index in [1.54, 1.807) is 15.9 Å². The SMILES string of the molecule is CN1CC[C@@H]2CN(C(=O)c3cc(C#N)c[nH]3)C[C@@H]2C1=O. The van der Waals surface area contributed by atoms with Gasteiger partial charge in [0.05, 0.1) is 11.5 Å². The molecule has 2 fully saturated rings.